The lowest BCUT2D eigenvalue weighted by molar-refractivity contribution is -0.302. The molecular formula is C62H121NO8. The van der Waals surface area contributed by atoms with Crippen LogP contribution in [0.1, 0.15) is 322 Å². The van der Waals surface area contributed by atoms with Gasteiger partial charge in [-0.3, -0.25) is 4.79 Å². The van der Waals surface area contributed by atoms with Crippen molar-refractivity contribution >= 4 is 5.91 Å². The third-order valence-corrected chi connectivity index (χ3v) is 15.4. The molecule has 1 amide bonds. The normalized spacial score (nSPS) is 19.2. The van der Waals surface area contributed by atoms with Gasteiger partial charge in [0.25, 0.3) is 0 Å². The number of ether oxygens (including phenoxy) is 2. The van der Waals surface area contributed by atoms with E-state index in [1.54, 1.807) is 6.08 Å². The topological polar surface area (TPSA) is 149 Å². The minimum absolute atomic E-state index is 0.168. The number of nitrogens with one attached hydrogen (secondary N) is 1. The minimum Gasteiger partial charge on any atom is -0.394 e. The van der Waals surface area contributed by atoms with Gasteiger partial charge in [0.1, 0.15) is 24.4 Å². The average molecular weight is 1010 g/mol. The first-order chi connectivity index (χ1) is 34.8. The molecule has 1 aliphatic rings. The molecule has 0 aromatic heterocycles. The van der Waals surface area contributed by atoms with Crippen molar-refractivity contribution in [3.63, 3.8) is 0 Å². The molecule has 7 atom stereocenters. The lowest BCUT2D eigenvalue weighted by Crippen LogP contribution is -2.60. The molecule has 6 N–H and O–H groups in total. The molecule has 1 fully saturated rings. The van der Waals surface area contributed by atoms with Gasteiger partial charge >= 0.3 is 0 Å². The molecule has 1 rings (SSSR count). The first kappa shape index (κ1) is 67.9. The summed E-state index contributed by atoms with van der Waals surface area (Å²) in [4.78, 5) is 13.1. The van der Waals surface area contributed by atoms with Gasteiger partial charge in [-0.05, 0) is 19.3 Å². The molecule has 422 valence electrons. The summed E-state index contributed by atoms with van der Waals surface area (Å²) in [5.74, 6) is -0.168. The second-order valence-corrected chi connectivity index (χ2v) is 22.2. The van der Waals surface area contributed by atoms with Crippen LogP contribution in [0.5, 0.6) is 0 Å². The number of aliphatic hydroxyl groups is 5. The van der Waals surface area contributed by atoms with E-state index in [-0.39, 0.29) is 12.5 Å². The Morgan fingerprint density at radius 2 is 0.775 bits per heavy atom. The van der Waals surface area contributed by atoms with Crippen LogP contribution in [0, 0.1) is 0 Å². The summed E-state index contributed by atoms with van der Waals surface area (Å²) < 4.78 is 11.3. The van der Waals surface area contributed by atoms with E-state index < -0.39 is 49.5 Å². The van der Waals surface area contributed by atoms with E-state index in [4.69, 9.17) is 9.47 Å². The van der Waals surface area contributed by atoms with E-state index in [1.807, 2.05) is 6.08 Å². The van der Waals surface area contributed by atoms with Crippen molar-refractivity contribution in [2.45, 2.75) is 365 Å². The molecule has 71 heavy (non-hydrogen) atoms. The summed E-state index contributed by atoms with van der Waals surface area (Å²) in [5.41, 5.74) is 0. The van der Waals surface area contributed by atoms with Crippen LogP contribution in [0.4, 0.5) is 0 Å². The molecule has 0 saturated carbocycles. The largest absolute Gasteiger partial charge is 0.394 e. The van der Waals surface area contributed by atoms with Crippen molar-refractivity contribution in [3.8, 4) is 0 Å². The van der Waals surface area contributed by atoms with E-state index in [0.717, 1.165) is 38.5 Å². The third kappa shape index (κ3) is 41.8. The average Bonchev–Trinajstić information content (AvgIpc) is 3.37. The fourth-order valence-corrected chi connectivity index (χ4v) is 10.4. The molecular weight excluding hydrogens is 887 g/mol. The highest BCUT2D eigenvalue weighted by Gasteiger charge is 2.44. The number of carbonyl (C=O) groups is 1. The molecule has 9 heteroatoms. The Bertz CT molecular complexity index is 1120. The first-order valence-electron chi connectivity index (χ1n) is 31.4. The van der Waals surface area contributed by atoms with Crippen LogP contribution in [0.15, 0.2) is 12.2 Å². The van der Waals surface area contributed by atoms with Crippen molar-refractivity contribution < 1.29 is 39.8 Å². The molecule has 0 aromatic carbocycles. The Morgan fingerprint density at radius 3 is 1.10 bits per heavy atom. The van der Waals surface area contributed by atoms with Gasteiger partial charge in [0.05, 0.1) is 25.4 Å². The number of aliphatic hydroxyl groups excluding tert-OH is 5. The van der Waals surface area contributed by atoms with Gasteiger partial charge in [-0.2, -0.15) is 0 Å². The Morgan fingerprint density at radius 1 is 0.465 bits per heavy atom. The lowest BCUT2D eigenvalue weighted by atomic mass is 9.99. The molecule has 0 aromatic rings. The number of carbonyl (C=O) groups excluding carboxylic acids is 1. The van der Waals surface area contributed by atoms with Crippen LogP contribution in [0.3, 0.4) is 0 Å². The molecule has 1 saturated heterocycles. The van der Waals surface area contributed by atoms with Crippen molar-refractivity contribution in [2.75, 3.05) is 13.2 Å². The quantitative estimate of drug-likeness (QED) is 0.0261. The van der Waals surface area contributed by atoms with Gasteiger partial charge in [-0.1, -0.05) is 309 Å². The van der Waals surface area contributed by atoms with Crippen LogP contribution in [-0.4, -0.2) is 87.5 Å². The molecule has 1 aliphatic heterocycles. The summed E-state index contributed by atoms with van der Waals surface area (Å²) in [6.45, 7) is 3.83. The van der Waals surface area contributed by atoms with Crippen molar-refractivity contribution in [3.05, 3.63) is 12.2 Å². The number of hydrogen-bond donors (Lipinski definition) is 6. The number of allylic oxidation sites excluding steroid dienone is 1. The third-order valence-electron chi connectivity index (χ3n) is 15.4. The highest BCUT2D eigenvalue weighted by atomic mass is 16.7. The molecule has 9 nitrogen and oxygen atoms in total. The second kappa shape index (κ2) is 52.4. The van der Waals surface area contributed by atoms with Gasteiger partial charge in [0.2, 0.25) is 5.91 Å². The van der Waals surface area contributed by atoms with Crippen molar-refractivity contribution in [1.82, 2.24) is 5.32 Å². The predicted molar refractivity (Wildman–Crippen MR) is 300 cm³/mol. The van der Waals surface area contributed by atoms with E-state index in [0.29, 0.717) is 6.42 Å². The molecule has 0 radical (unpaired) electrons. The summed E-state index contributed by atoms with van der Waals surface area (Å²) >= 11 is 0. The van der Waals surface area contributed by atoms with Gasteiger partial charge in [0, 0.05) is 6.42 Å². The Kier molecular flexibility index (Phi) is 50.1. The van der Waals surface area contributed by atoms with Gasteiger partial charge in [0.15, 0.2) is 6.29 Å². The summed E-state index contributed by atoms with van der Waals surface area (Å²) in [5, 5.41) is 54.6. The Labute approximate surface area is 439 Å². The molecule has 0 bridgehead atoms. The molecule has 0 spiro atoms. The minimum atomic E-state index is -1.56. The summed E-state index contributed by atoms with van der Waals surface area (Å²) in [7, 11) is 0. The van der Waals surface area contributed by atoms with Gasteiger partial charge < -0.3 is 40.3 Å². The Balaban J connectivity index is 2.17. The highest BCUT2D eigenvalue weighted by molar-refractivity contribution is 5.76. The summed E-state index contributed by atoms with van der Waals surface area (Å²) in [6, 6.07) is -0.801. The van der Waals surface area contributed by atoms with E-state index in [9.17, 15) is 30.3 Å². The van der Waals surface area contributed by atoms with Crippen LogP contribution < -0.4 is 5.32 Å². The van der Waals surface area contributed by atoms with Crippen LogP contribution >= 0.6 is 0 Å². The maximum absolute atomic E-state index is 13.1. The number of rotatable bonds is 55. The number of hydrogen-bond acceptors (Lipinski definition) is 8. The van der Waals surface area contributed by atoms with E-state index in [2.05, 4.69) is 19.2 Å². The van der Waals surface area contributed by atoms with Crippen LogP contribution in [-0.2, 0) is 14.3 Å². The van der Waals surface area contributed by atoms with E-state index >= 15 is 0 Å². The van der Waals surface area contributed by atoms with Crippen LogP contribution in [0.2, 0.25) is 0 Å². The van der Waals surface area contributed by atoms with Gasteiger partial charge in [-0.25, -0.2) is 0 Å². The van der Waals surface area contributed by atoms with Crippen molar-refractivity contribution in [1.29, 1.82) is 0 Å². The first-order valence-corrected chi connectivity index (χ1v) is 31.4. The zero-order valence-corrected chi connectivity index (χ0v) is 47.0. The summed E-state index contributed by atoms with van der Waals surface area (Å²) in [6.07, 6.45) is 58.6. The Hall–Kier alpha value is -1.07. The monoisotopic (exact) mass is 1010 g/mol. The highest BCUT2D eigenvalue weighted by Crippen LogP contribution is 2.23. The maximum atomic E-state index is 13.1. The maximum Gasteiger partial charge on any atom is 0.220 e. The second-order valence-electron chi connectivity index (χ2n) is 22.2. The van der Waals surface area contributed by atoms with Crippen LogP contribution in [0.25, 0.3) is 0 Å². The van der Waals surface area contributed by atoms with Gasteiger partial charge in [-0.15, -0.1) is 0 Å². The molecule has 0 aliphatic carbocycles. The SMILES string of the molecule is CCCCCCCCCCCCCCCCCCCCCC/C=C/C(O)C(COC1OC(CO)C(O)C(O)C1O)NC(=O)CCCCCCCCCCCCCCCCCCCCCCCCCCCC. The number of amides is 1. The fourth-order valence-electron chi connectivity index (χ4n) is 10.4. The predicted octanol–water partition coefficient (Wildman–Crippen LogP) is 16.0. The zero-order valence-electron chi connectivity index (χ0n) is 47.0. The zero-order chi connectivity index (χ0) is 51.5. The molecule has 1 heterocycles. The van der Waals surface area contributed by atoms with Crippen molar-refractivity contribution in [2.24, 2.45) is 0 Å². The lowest BCUT2D eigenvalue weighted by Gasteiger charge is -2.40. The smallest absolute Gasteiger partial charge is 0.220 e. The fraction of sp³-hybridized carbons (Fsp3) is 0.952. The number of unbranched alkanes of at least 4 members (excludes halogenated alkanes) is 45. The van der Waals surface area contributed by atoms with E-state index in [1.165, 1.54) is 263 Å². The standard InChI is InChI=1S/C62H121NO8/c1-3-5-7-9-11-13-15-17-19-21-23-25-27-28-29-30-32-34-36-38-40-42-44-46-48-50-52-58(66)63-55(54-70-62-61(69)60(68)59(67)57(53-64)71-62)56(65)51-49-47-45-43-41-39-37-35-33-31-26-24-22-20-18-16-14-12-10-8-6-4-2/h49,51,55-57,59-62,64-65,67-69H,3-48,50,52-54H2,1-2H3,(H,63,66)/b51-49+. The molecule has 7 unspecified atom stereocenters.